The average molecular weight is 492 g/mol. The monoisotopic (exact) mass is 491 g/mol. The quantitative estimate of drug-likeness (QED) is 0.405. The number of para-hydroxylation sites is 1. The van der Waals surface area contributed by atoms with Crippen LogP contribution >= 0.6 is 0 Å². The zero-order valence-electron chi connectivity index (χ0n) is 19.6. The third kappa shape index (κ3) is 4.94. The summed E-state index contributed by atoms with van der Waals surface area (Å²) in [5.74, 6) is -0.0407. The average Bonchev–Trinajstić information content (AvgIpc) is 3.15. The van der Waals surface area contributed by atoms with Crippen molar-refractivity contribution in [2.75, 3.05) is 4.90 Å². The summed E-state index contributed by atoms with van der Waals surface area (Å²) in [6, 6.07) is 18.8. The molecular formula is C27H29N3O4S. The second-order valence-corrected chi connectivity index (χ2v) is 11.2. The van der Waals surface area contributed by atoms with Crippen LogP contribution in [0.15, 0.2) is 73.1 Å². The lowest BCUT2D eigenvalue weighted by molar-refractivity contribution is 0.0732. The van der Waals surface area contributed by atoms with Gasteiger partial charge in [0.05, 0.1) is 17.0 Å². The van der Waals surface area contributed by atoms with Crippen molar-refractivity contribution >= 4 is 21.7 Å². The van der Waals surface area contributed by atoms with E-state index in [9.17, 15) is 13.2 Å². The number of carbonyl (C=O) groups is 1. The number of sulfonamides is 1. The maximum atomic E-state index is 13.0. The Bertz CT molecular complexity index is 1300. The number of nitrogens with one attached hydrogen (secondary N) is 1. The molecule has 1 aliphatic heterocycles. The largest absolute Gasteiger partial charge is 0.423 e. The molecule has 2 fully saturated rings. The molecule has 1 N–H and O–H groups in total. The molecule has 0 amide bonds. The Morgan fingerprint density at radius 2 is 1.83 bits per heavy atom. The van der Waals surface area contributed by atoms with Crippen molar-refractivity contribution in [1.82, 2.24) is 9.71 Å². The van der Waals surface area contributed by atoms with Gasteiger partial charge in [-0.2, -0.15) is 4.72 Å². The highest BCUT2D eigenvalue weighted by atomic mass is 32.2. The second-order valence-electron chi connectivity index (χ2n) is 9.30. The highest BCUT2D eigenvalue weighted by Crippen LogP contribution is 2.40. The number of esters is 1. The molecule has 2 heterocycles. The standard InChI is InChI=1S/C27H29N3O4S/c1-19-12-14-22(15-13-19)30(26-23-9-3-5-11-25(23)35(32,33)29-26)18-21-7-2-4-10-24(21)34-27(31)20-8-6-16-28-17-20/h2,4,6-8,10,12-17,23,25-26,29H,3,5,9,11,18H2,1H3. The van der Waals surface area contributed by atoms with Gasteiger partial charge in [-0.15, -0.1) is 0 Å². The van der Waals surface area contributed by atoms with Crippen molar-refractivity contribution in [2.45, 2.75) is 50.6 Å². The van der Waals surface area contributed by atoms with Gasteiger partial charge >= 0.3 is 5.97 Å². The van der Waals surface area contributed by atoms with Crippen LogP contribution in [0.5, 0.6) is 5.75 Å². The molecule has 35 heavy (non-hydrogen) atoms. The van der Waals surface area contributed by atoms with E-state index in [0.717, 1.165) is 36.1 Å². The van der Waals surface area contributed by atoms with Gasteiger partial charge in [-0.05, 0) is 50.1 Å². The van der Waals surface area contributed by atoms with E-state index in [0.29, 0.717) is 24.3 Å². The number of hydrogen-bond donors (Lipinski definition) is 1. The third-order valence-corrected chi connectivity index (χ3v) is 8.91. The van der Waals surface area contributed by atoms with Gasteiger partial charge in [-0.3, -0.25) is 4.98 Å². The van der Waals surface area contributed by atoms with Crippen LogP contribution in [0.2, 0.25) is 0 Å². The van der Waals surface area contributed by atoms with Gasteiger partial charge in [0, 0.05) is 36.1 Å². The summed E-state index contributed by atoms with van der Waals surface area (Å²) in [7, 11) is -3.40. The number of anilines is 1. The minimum Gasteiger partial charge on any atom is -0.423 e. The van der Waals surface area contributed by atoms with Crippen molar-refractivity contribution < 1.29 is 17.9 Å². The van der Waals surface area contributed by atoms with Crippen molar-refractivity contribution in [3.05, 3.63) is 89.7 Å². The van der Waals surface area contributed by atoms with Gasteiger partial charge in [0.25, 0.3) is 0 Å². The molecule has 1 aromatic heterocycles. The first-order valence-electron chi connectivity index (χ1n) is 12.0. The Balaban J connectivity index is 1.49. The number of rotatable bonds is 6. The molecule has 3 unspecified atom stereocenters. The number of ether oxygens (including phenoxy) is 1. The highest BCUT2D eigenvalue weighted by molar-refractivity contribution is 7.90. The third-order valence-electron chi connectivity index (χ3n) is 6.96. The molecule has 182 valence electrons. The molecule has 1 saturated heterocycles. The minimum atomic E-state index is -3.40. The van der Waals surface area contributed by atoms with Crippen LogP contribution < -0.4 is 14.4 Å². The fraction of sp³-hybridized carbons (Fsp3) is 0.333. The number of benzene rings is 2. The summed E-state index contributed by atoms with van der Waals surface area (Å²) in [5, 5.41) is -0.368. The number of pyridine rings is 1. The lowest BCUT2D eigenvalue weighted by atomic mass is 9.86. The number of aromatic nitrogens is 1. The molecule has 0 spiro atoms. The normalized spacial score (nSPS) is 22.8. The predicted molar refractivity (Wildman–Crippen MR) is 135 cm³/mol. The summed E-state index contributed by atoms with van der Waals surface area (Å²) in [6.45, 7) is 2.41. The summed E-state index contributed by atoms with van der Waals surface area (Å²) in [4.78, 5) is 18.8. The van der Waals surface area contributed by atoms with Crippen molar-refractivity contribution in [2.24, 2.45) is 5.92 Å². The molecule has 3 atom stereocenters. The fourth-order valence-electron chi connectivity index (χ4n) is 5.16. The fourth-order valence-corrected chi connectivity index (χ4v) is 7.19. The smallest absolute Gasteiger partial charge is 0.345 e. The zero-order chi connectivity index (χ0) is 24.4. The molecule has 5 rings (SSSR count). The van der Waals surface area contributed by atoms with Crippen LogP contribution in [-0.4, -0.2) is 30.8 Å². The van der Waals surface area contributed by atoms with Crippen LogP contribution in [-0.2, 0) is 16.6 Å². The first kappa shape index (κ1) is 23.5. The van der Waals surface area contributed by atoms with E-state index in [4.69, 9.17) is 4.74 Å². The van der Waals surface area contributed by atoms with E-state index in [1.807, 2.05) is 49.4 Å². The summed E-state index contributed by atoms with van der Waals surface area (Å²) >= 11 is 0. The molecule has 1 saturated carbocycles. The van der Waals surface area contributed by atoms with Crippen molar-refractivity contribution in [3.63, 3.8) is 0 Å². The Kier molecular flexibility index (Phi) is 6.58. The van der Waals surface area contributed by atoms with Gasteiger partial charge in [0.1, 0.15) is 5.75 Å². The van der Waals surface area contributed by atoms with Gasteiger partial charge in [0.2, 0.25) is 10.0 Å². The molecule has 0 radical (unpaired) electrons. The first-order valence-corrected chi connectivity index (χ1v) is 13.5. The van der Waals surface area contributed by atoms with E-state index in [-0.39, 0.29) is 17.3 Å². The van der Waals surface area contributed by atoms with E-state index >= 15 is 0 Å². The SMILES string of the molecule is Cc1ccc(N(Cc2ccccc2OC(=O)c2cccnc2)C2NS(=O)(=O)C3CCCCC23)cc1. The van der Waals surface area contributed by atoms with Crippen LogP contribution in [0.3, 0.4) is 0 Å². The molecule has 2 aromatic carbocycles. The van der Waals surface area contributed by atoms with E-state index in [1.165, 1.54) is 6.20 Å². The molecule has 3 aromatic rings. The van der Waals surface area contributed by atoms with Crippen LogP contribution in [0.4, 0.5) is 5.69 Å². The van der Waals surface area contributed by atoms with Gasteiger partial charge < -0.3 is 9.64 Å². The number of hydrogen-bond acceptors (Lipinski definition) is 6. The lowest BCUT2D eigenvalue weighted by Crippen LogP contribution is -2.46. The van der Waals surface area contributed by atoms with Crippen LogP contribution in [0.1, 0.15) is 47.2 Å². The Hall–Kier alpha value is -3.23. The van der Waals surface area contributed by atoms with Crippen molar-refractivity contribution in [1.29, 1.82) is 0 Å². The summed E-state index contributed by atoms with van der Waals surface area (Å²) < 4.78 is 34.7. The Labute approximate surface area is 206 Å². The molecule has 7 nitrogen and oxygen atoms in total. The predicted octanol–water partition coefficient (Wildman–Crippen LogP) is 4.43. The second kappa shape index (κ2) is 9.79. The summed E-state index contributed by atoms with van der Waals surface area (Å²) in [6.07, 6.45) is 6.22. The molecule has 8 heteroatoms. The number of fused-ring (bicyclic) bond motifs is 1. The van der Waals surface area contributed by atoms with Crippen LogP contribution in [0.25, 0.3) is 0 Å². The molecule has 1 aliphatic carbocycles. The first-order chi connectivity index (χ1) is 16.9. The maximum Gasteiger partial charge on any atom is 0.345 e. The van der Waals surface area contributed by atoms with Gasteiger partial charge in [-0.1, -0.05) is 48.7 Å². The minimum absolute atomic E-state index is 0.000147. The van der Waals surface area contributed by atoms with E-state index in [2.05, 4.69) is 14.6 Å². The zero-order valence-corrected chi connectivity index (χ0v) is 20.4. The molecular weight excluding hydrogens is 462 g/mol. The topological polar surface area (TPSA) is 88.6 Å². The lowest BCUT2D eigenvalue weighted by Gasteiger charge is -2.36. The van der Waals surface area contributed by atoms with E-state index in [1.54, 1.807) is 24.4 Å². The summed E-state index contributed by atoms with van der Waals surface area (Å²) in [5.41, 5.74) is 3.21. The number of nitrogens with zero attached hydrogens (tertiary/aromatic N) is 2. The van der Waals surface area contributed by atoms with Crippen LogP contribution in [0, 0.1) is 12.8 Å². The number of aryl methyl sites for hydroxylation is 1. The van der Waals surface area contributed by atoms with E-state index < -0.39 is 16.0 Å². The molecule has 0 bridgehead atoms. The van der Waals surface area contributed by atoms with Gasteiger partial charge in [-0.25, -0.2) is 13.2 Å². The maximum absolute atomic E-state index is 13.0. The Morgan fingerprint density at radius 3 is 2.60 bits per heavy atom. The highest BCUT2D eigenvalue weighted by Gasteiger charge is 2.49. The van der Waals surface area contributed by atoms with Crippen molar-refractivity contribution in [3.8, 4) is 5.75 Å². The number of carbonyl (C=O) groups excluding carboxylic acids is 1. The molecule has 2 aliphatic rings. The Morgan fingerprint density at radius 1 is 1.06 bits per heavy atom. The van der Waals surface area contributed by atoms with Gasteiger partial charge in [0.15, 0.2) is 0 Å².